The zero-order chi connectivity index (χ0) is 17.4. The van der Waals surface area contributed by atoms with Crippen LogP contribution in [0.25, 0.3) is 11.6 Å². The number of fused-ring (bicyclic) bond motifs is 2. The van der Waals surface area contributed by atoms with E-state index in [0.717, 1.165) is 46.7 Å². The van der Waals surface area contributed by atoms with Gasteiger partial charge in [-0.1, -0.05) is 30.7 Å². The first-order valence-electron chi connectivity index (χ1n) is 8.38. The van der Waals surface area contributed by atoms with Crippen molar-refractivity contribution < 1.29 is 0 Å². The number of rotatable bonds is 3. The number of imidazole rings is 1. The van der Waals surface area contributed by atoms with Gasteiger partial charge in [0.25, 0.3) is 0 Å². The second-order valence-corrected chi connectivity index (χ2v) is 6.62. The number of aromatic nitrogens is 3. The van der Waals surface area contributed by atoms with Gasteiger partial charge in [-0.05, 0) is 46.5 Å². The second kappa shape index (κ2) is 6.47. The zero-order valence-electron chi connectivity index (χ0n) is 14.0. The monoisotopic (exact) mass is 350 g/mol. The minimum Gasteiger partial charge on any atom is -0.331 e. The molecule has 4 rings (SSSR count). The van der Waals surface area contributed by atoms with Crippen molar-refractivity contribution in [3.63, 3.8) is 0 Å². The van der Waals surface area contributed by atoms with Crippen molar-refractivity contribution in [2.24, 2.45) is 5.73 Å². The SMILES string of the molecule is CCc1nccn1CC1=Cc2cccnc2C(N)c2ccc(Cl)cc21. The fourth-order valence-corrected chi connectivity index (χ4v) is 3.59. The molecule has 0 amide bonds. The lowest BCUT2D eigenvalue weighted by molar-refractivity contribution is 0.757. The van der Waals surface area contributed by atoms with Crippen LogP contribution in [0, 0.1) is 0 Å². The standard InChI is InChI=1S/C20H19ClN4/c1-2-18-23-8-9-25(18)12-14-10-13-4-3-7-24-20(13)19(22)16-6-5-15(21)11-17(14)16/h3-11,19H,2,12,22H2,1H3. The van der Waals surface area contributed by atoms with Crippen molar-refractivity contribution in [3.05, 3.63) is 82.2 Å². The summed E-state index contributed by atoms with van der Waals surface area (Å²) in [5.74, 6) is 1.06. The van der Waals surface area contributed by atoms with Crippen LogP contribution in [0.4, 0.5) is 0 Å². The van der Waals surface area contributed by atoms with E-state index in [4.69, 9.17) is 17.3 Å². The summed E-state index contributed by atoms with van der Waals surface area (Å²) in [6.45, 7) is 2.83. The van der Waals surface area contributed by atoms with E-state index in [-0.39, 0.29) is 6.04 Å². The molecule has 1 atom stereocenters. The zero-order valence-corrected chi connectivity index (χ0v) is 14.7. The molecule has 5 heteroatoms. The Hall–Kier alpha value is -2.43. The summed E-state index contributed by atoms with van der Waals surface area (Å²) < 4.78 is 2.17. The number of benzene rings is 1. The summed E-state index contributed by atoms with van der Waals surface area (Å²) in [4.78, 5) is 8.95. The van der Waals surface area contributed by atoms with Gasteiger partial charge in [0.2, 0.25) is 0 Å². The molecular formula is C20H19ClN4. The smallest absolute Gasteiger partial charge is 0.108 e. The van der Waals surface area contributed by atoms with Crippen molar-refractivity contribution in [1.82, 2.24) is 14.5 Å². The molecule has 3 aromatic rings. The van der Waals surface area contributed by atoms with E-state index in [1.54, 1.807) is 6.20 Å². The molecule has 0 bridgehead atoms. The largest absolute Gasteiger partial charge is 0.331 e. The lowest BCUT2D eigenvalue weighted by Crippen LogP contribution is -2.15. The van der Waals surface area contributed by atoms with Crippen LogP contribution < -0.4 is 5.73 Å². The van der Waals surface area contributed by atoms with Gasteiger partial charge in [0.1, 0.15) is 5.82 Å². The van der Waals surface area contributed by atoms with Crippen LogP contribution in [0.1, 0.15) is 41.2 Å². The Morgan fingerprint density at radius 1 is 1.20 bits per heavy atom. The minimum absolute atomic E-state index is 0.273. The fourth-order valence-electron chi connectivity index (χ4n) is 3.42. The molecule has 2 aromatic heterocycles. The van der Waals surface area contributed by atoms with Gasteiger partial charge in [0, 0.05) is 36.6 Å². The first-order chi connectivity index (χ1) is 12.2. The molecular weight excluding hydrogens is 332 g/mol. The maximum absolute atomic E-state index is 6.54. The van der Waals surface area contributed by atoms with Gasteiger partial charge in [-0.3, -0.25) is 4.98 Å². The van der Waals surface area contributed by atoms with Crippen molar-refractivity contribution in [1.29, 1.82) is 0 Å². The summed E-state index contributed by atoms with van der Waals surface area (Å²) in [6, 6.07) is 9.62. The third kappa shape index (κ3) is 2.88. The minimum atomic E-state index is -0.273. The molecule has 0 spiro atoms. The summed E-state index contributed by atoms with van der Waals surface area (Å²) in [7, 11) is 0. The molecule has 2 N–H and O–H groups in total. The predicted molar refractivity (Wildman–Crippen MR) is 101 cm³/mol. The maximum atomic E-state index is 6.54. The molecule has 0 saturated heterocycles. The number of hydrogen-bond acceptors (Lipinski definition) is 3. The lowest BCUT2D eigenvalue weighted by atomic mass is 9.95. The molecule has 0 saturated carbocycles. The Morgan fingerprint density at radius 3 is 2.92 bits per heavy atom. The second-order valence-electron chi connectivity index (χ2n) is 6.18. The van der Waals surface area contributed by atoms with Crippen LogP contribution in [0.15, 0.2) is 48.9 Å². The van der Waals surface area contributed by atoms with Gasteiger partial charge in [0.15, 0.2) is 0 Å². The van der Waals surface area contributed by atoms with E-state index in [1.165, 1.54) is 0 Å². The molecule has 25 heavy (non-hydrogen) atoms. The van der Waals surface area contributed by atoms with Crippen LogP contribution in [-0.4, -0.2) is 14.5 Å². The molecule has 1 aromatic carbocycles. The average Bonchev–Trinajstić information content (AvgIpc) is 3.04. The van der Waals surface area contributed by atoms with Crippen LogP contribution in [0.2, 0.25) is 5.02 Å². The molecule has 126 valence electrons. The molecule has 0 fully saturated rings. The van der Waals surface area contributed by atoms with E-state index in [9.17, 15) is 0 Å². The maximum Gasteiger partial charge on any atom is 0.108 e. The molecule has 2 heterocycles. The highest BCUT2D eigenvalue weighted by atomic mass is 35.5. The van der Waals surface area contributed by atoms with Crippen LogP contribution >= 0.6 is 11.6 Å². The van der Waals surface area contributed by atoms with E-state index in [1.807, 2.05) is 36.7 Å². The summed E-state index contributed by atoms with van der Waals surface area (Å²) >= 11 is 6.29. The van der Waals surface area contributed by atoms with Crippen molar-refractivity contribution in [2.75, 3.05) is 0 Å². The molecule has 4 nitrogen and oxygen atoms in total. The van der Waals surface area contributed by atoms with Crippen molar-refractivity contribution in [2.45, 2.75) is 25.9 Å². The molecule has 0 aliphatic heterocycles. The molecule has 1 aliphatic carbocycles. The van der Waals surface area contributed by atoms with Gasteiger partial charge < -0.3 is 10.3 Å². The third-order valence-electron chi connectivity index (χ3n) is 4.65. The summed E-state index contributed by atoms with van der Waals surface area (Å²) in [5.41, 5.74) is 11.8. The summed E-state index contributed by atoms with van der Waals surface area (Å²) in [5, 5.41) is 0.706. The van der Waals surface area contributed by atoms with E-state index in [0.29, 0.717) is 5.02 Å². The topological polar surface area (TPSA) is 56.7 Å². The first-order valence-corrected chi connectivity index (χ1v) is 8.76. The predicted octanol–water partition coefficient (Wildman–Crippen LogP) is 4.10. The fraction of sp³-hybridized carbons (Fsp3) is 0.200. The Bertz CT molecular complexity index is 958. The number of hydrogen-bond donors (Lipinski definition) is 1. The number of aryl methyl sites for hydroxylation is 1. The van der Waals surface area contributed by atoms with Gasteiger partial charge in [-0.15, -0.1) is 0 Å². The highest BCUT2D eigenvalue weighted by molar-refractivity contribution is 6.30. The highest BCUT2D eigenvalue weighted by Crippen LogP contribution is 2.36. The quantitative estimate of drug-likeness (QED) is 0.773. The Kier molecular flexibility index (Phi) is 4.15. The van der Waals surface area contributed by atoms with Gasteiger partial charge in [-0.2, -0.15) is 0 Å². The van der Waals surface area contributed by atoms with Gasteiger partial charge >= 0.3 is 0 Å². The number of allylic oxidation sites excluding steroid dienone is 1. The van der Waals surface area contributed by atoms with Crippen molar-refractivity contribution >= 4 is 23.3 Å². The van der Waals surface area contributed by atoms with Crippen LogP contribution in [-0.2, 0) is 13.0 Å². The Labute approximate surface area is 152 Å². The van der Waals surface area contributed by atoms with E-state index >= 15 is 0 Å². The molecule has 1 unspecified atom stereocenters. The van der Waals surface area contributed by atoms with Crippen LogP contribution in [0.5, 0.6) is 0 Å². The molecule has 0 radical (unpaired) electrons. The lowest BCUT2D eigenvalue weighted by Gasteiger charge is -2.17. The van der Waals surface area contributed by atoms with Crippen LogP contribution in [0.3, 0.4) is 0 Å². The normalized spacial score (nSPS) is 16.0. The number of nitrogens with two attached hydrogens (primary N) is 1. The first kappa shape index (κ1) is 16.1. The Morgan fingerprint density at radius 2 is 2.08 bits per heavy atom. The van der Waals surface area contributed by atoms with E-state index < -0.39 is 0 Å². The molecule has 1 aliphatic rings. The summed E-state index contributed by atoms with van der Waals surface area (Å²) in [6.07, 6.45) is 8.71. The van der Waals surface area contributed by atoms with Crippen molar-refractivity contribution in [3.8, 4) is 0 Å². The number of pyridine rings is 1. The average molecular weight is 351 g/mol. The van der Waals surface area contributed by atoms with Gasteiger partial charge in [-0.25, -0.2) is 4.98 Å². The third-order valence-corrected chi connectivity index (χ3v) is 4.89. The van der Waals surface area contributed by atoms with E-state index in [2.05, 4.69) is 33.6 Å². The van der Waals surface area contributed by atoms with Gasteiger partial charge in [0.05, 0.1) is 11.7 Å². The Balaban J connectivity index is 1.90. The number of halogens is 1. The highest BCUT2D eigenvalue weighted by Gasteiger charge is 2.23. The number of nitrogens with zero attached hydrogens (tertiary/aromatic N) is 3.